The van der Waals surface area contributed by atoms with Gasteiger partial charge < -0.3 is 13.9 Å². The summed E-state index contributed by atoms with van der Waals surface area (Å²) < 4.78 is 8.63. The maximum absolute atomic E-state index is 6.20. The van der Waals surface area contributed by atoms with Crippen molar-refractivity contribution in [2.75, 3.05) is 4.90 Å². The molecule has 0 amide bonds. The second-order valence-electron chi connectivity index (χ2n) is 16.6. The number of fused-ring (bicyclic) bond motifs is 7. The Morgan fingerprint density at radius 1 is 0.468 bits per heavy atom. The van der Waals surface area contributed by atoms with E-state index in [0.29, 0.717) is 5.92 Å². The van der Waals surface area contributed by atoms with Gasteiger partial charge in [0.25, 0.3) is 0 Å². The van der Waals surface area contributed by atoms with Crippen LogP contribution in [0.4, 0.5) is 17.1 Å². The molecule has 1 unspecified atom stereocenters. The summed E-state index contributed by atoms with van der Waals surface area (Å²) in [6, 6.07) is 72.8. The van der Waals surface area contributed by atoms with Crippen molar-refractivity contribution in [3.63, 3.8) is 0 Å². The van der Waals surface area contributed by atoms with Crippen LogP contribution >= 0.6 is 0 Å². The van der Waals surface area contributed by atoms with Crippen molar-refractivity contribution < 1.29 is 4.42 Å². The van der Waals surface area contributed by atoms with E-state index in [0.717, 1.165) is 67.7 Å². The zero-order valence-electron chi connectivity index (χ0n) is 34.4. The van der Waals surface area contributed by atoms with E-state index in [4.69, 9.17) is 4.42 Å². The molecule has 3 nitrogen and oxygen atoms in total. The molecule has 2 aromatic heterocycles. The Balaban J connectivity index is 1.10. The van der Waals surface area contributed by atoms with Crippen molar-refractivity contribution in [2.24, 2.45) is 5.92 Å². The lowest BCUT2D eigenvalue weighted by Crippen LogP contribution is -2.11. The Hall–Kier alpha value is -7.88. The first-order valence-corrected chi connectivity index (χ1v) is 21.6. The highest BCUT2D eigenvalue weighted by atomic mass is 16.3. The largest absolute Gasteiger partial charge is 0.456 e. The van der Waals surface area contributed by atoms with Crippen molar-refractivity contribution in [3.05, 3.63) is 224 Å². The van der Waals surface area contributed by atoms with Gasteiger partial charge in [-0.25, -0.2) is 0 Å². The number of allylic oxidation sites excluding steroid dienone is 4. The fourth-order valence-electron chi connectivity index (χ4n) is 9.57. The first kappa shape index (κ1) is 36.0. The predicted octanol–water partition coefficient (Wildman–Crippen LogP) is 16.6. The van der Waals surface area contributed by atoms with E-state index in [-0.39, 0.29) is 0 Å². The van der Waals surface area contributed by atoms with Gasteiger partial charge in [0.1, 0.15) is 11.2 Å². The monoisotopic (exact) mass is 794 g/mol. The maximum Gasteiger partial charge on any atom is 0.135 e. The third-order valence-electron chi connectivity index (χ3n) is 12.7. The highest BCUT2D eigenvalue weighted by Gasteiger charge is 2.22. The number of hydrogen-bond donors (Lipinski definition) is 0. The van der Waals surface area contributed by atoms with E-state index < -0.39 is 0 Å². The molecule has 1 aliphatic carbocycles. The van der Waals surface area contributed by atoms with E-state index in [9.17, 15) is 0 Å². The molecule has 62 heavy (non-hydrogen) atoms. The summed E-state index contributed by atoms with van der Waals surface area (Å²) in [5, 5.41) is 7.08. The molecule has 0 spiro atoms. The van der Waals surface area contributed by atoms with Crippen LogP contribution in [0.1, 0.15) is 18.9 Å². The van der Waals surface area contributed by atoms with Gasteiger partial charge in [-0.05, 0) is 130 Å². The zero-order valence-corrected chi connectivity index (χ0v) is 34.4. The third-order valence-corrected chi connectivity index (χ3v) is 12.7. The average Bonchev–Trinajstić information content (AvgIpc) is 3.87. The van der Waals surface area contributed by atoms with Gasteiger partial charge in [0.2, 0.25) is 0 Å². The lowest BCUT2D eigenvalue weighted by Gasteiger charge is -2.28. The molecule has 12 rings (SSSR count). The topological polar surface area (TPSA) is 21.3 Å². The maximum atomic E-state index is 6.20. The minimum absolute atomic E-state index is 0.530. The smallest absolute Gasteiger partial charge is 0.135 e. The molecule has 0 aliphatic heterocycles. The molecule has 0 N–H and O–H groups in total. The number of benzene rings is 9. The van der Waals surface area contributed by atoms with Crippen LogP contribution in [-0.4, -0.2) is 4.57 Å². The minimum Gasteiger partial charge on any atom is -0.456 e. The summed E-state index contributed by atoms with van der Waals surface area (Å²) in [5.41, 5.74) is 15.8. The molecule has 1 atom stereocenters. The third kappa shape index (κ3) is 6.13. The van der Waals surface area contributed by atoms with E-state index in [2.05, 4.69) is 223 Å². The van der Waals surface area contributed by atoms with Crippen molar-refractivity contribution in [1.82, 2.24) is 4.57 Å². The van der Waals surface area contributed by atoms with E-state index in [1.54, 1.807) is 0 Å². The normalized spacial score (nSPS) is 14.0. The summed E-state index contributed by atoms with van der Waals surface area (Å²) in [6.45, 7) is 2.28. The van der Waals surface area contributed by atoms with Gasteiger partial charge in [-0.1, -0.05) is 146 Å². The van der Waals surface area contributed by atoms with Crippen LogP contribution < -0.4 is 4.90 Å². The number of aromatic nitrogens is 1. The van der Waals surface area contributed by atoms with Gasteiger partial charge in [-0.15, -0.1) is 0 Å². The molecule has 294 valence electrons. The highest BCUT2D eigenvalue weighted by molar-refractivity contribution is 6.13. The quantitative estimate of drug-likeness (QED) is 0.160. The van der Waals surface area contributed by atoms with Gasteiger partial charge >= 0.3 is 0 Å². The van der Waals surface area contributed by atoms with Crippen LogP contribution in [0.15, 0.2) is 223 Å². The van der Waals surface area contributed by atoms with Gasteiger partial charge in [-0.3, -0.25) is 0 Å². The molecular weight excluding hydrogens is 753 g/mol. The second kappa shape index (κ2) is 14.7. The Morgan fingerprint density at radius 2 is 1.18 bits per heavy atom. The molecule has 0 bridgehead atoms. The SMILES string of the molecule is CC1C=CC(c2cc(-c3ccccc3)cc(N(c3ccc4c5cc(-c6ccc7oc8ccccc8c7c6)ccc5n(-c5ccccc5)c4c3)c3cccc4ccccc34)c2)=CC1. The second-order valence-corrected chi connectivity index (χ2v) is 16.6. The molecule has 11 aromatic rings. The molecular formula is C59H42N2O. The Morgan fingerprint density at radius 3 is 2.02 bits per heavy atom. The molecule has 0 saturated carbocycles. The van der Waals surface area contributed by atoms with Crippen molar-refractivity contribution in [2.45, 2.75) is 13.3 Å². The van der Waals surface area contributed by atoms with E-state index >= 15 is 0 Å². The predicted molar refractivity (Wildman–Crippen MR) is 262 cm³/mol. The summed E-state index contributed by atoms with van der Waals surface area (Å²) in [7, 11) is 0. The highest BCUT2D eigenvalue weighted by Crippen LogP contribution is 2.45. The molecule has 3 heteroatoms. The zero-order chi connectivity index (χ0) is 41.1. The number of hydrogen-bond acceptors (Lipinski definition) is 2. The van der Waals surface area contributed by atoms with Gasteiger partial charge in [0.05, 0.1) is 16.7 Å². The van der Waals surface area contributed by atoms with Crippen LogP contribution in [0.5, 0.6) is 0 Å². The van der Waals surface area contributed by atoms with Gasteiger partial charge in [0.15, 0.2) is 0 Å². The van der Waals surface area contributed by atoms with Crippen molar-refractivity contribution >= 4 is 77.2 Å². The van der Waals surface area contributed by atoms with Crippen LogP contribution in [0.2, 0.25) is 0 Å². The van der Waals surface area contributed by atoms with Gasteiger partial charge in [0, 0.05) is 44.0 Å². The molecule has 9 aromatic carbocycles. The minimum atomic E-state index is 0.530. The molecule has 1 aliphatic rings. The van der Waals surface area contributed by atoms with E-state index in [1.165, 1.54) is 49.4 Å². The molecule has 0 radical (unpaired) electrons. The van der Waals surface area contributed by atoms with Crippen molar-refractivity contribution in [3.8, 4) is 27.9 Å². The van der Waals surface area contributed by atoms with Crippen LogP contribution in [0.25, 0.3) is 88.0 Å². The Kier molecular flexibility index (Phi) is 8.53. The van der Waals surface area contributed by atoms with Crippen LogP contribution in [-0.2, 0) is 0 Å². The van der Waals surface area contributed by atoms with Crippen LogP contribution in [0, 0.1) is 5.92 Å². The lowest BCUT2D eigenvalue weighted by molar-refractivity contribution is 0.669. The summed E-state index contributed by atoms with van der Waals surface area (Å²) in [4.78, 5) is 2.47. The summed E-state index contributed by atoms with van der Waals surface area (Å²) in [6.07, 6.45) is 8.07. The average molecular weight is 795 g/mol. The fraction of sp³-hybridized carbons (Fsp3) is 0.0508. The van der Waals surface area contributed by atoms with Gasteiger partial charge in [-0.2, -0.15) is 0 Å². The lowest BCUT2D eigenvalue weighted by atomic mass is 9.91. The molecule has 2 heterocycles. The van der Waals surface area contributed by atoms with Crippen molar-refractivity contribution in [1.29, 1.82) is 0 Å². The number of rotatable bonds is 7. The Labute approximate surface area is 360 Å². The van der Waals surface area contributed by atoms with E-state index in [1.807, 2.05) is 12.1 Å². The van der Waals surface area contributed by atoms with Crippen LogP contribution in [0.3, 0.4) is 0 Å². The summed E-state index contributed by atoms with van der Waals surface area (Å²) in [5.74, 6) is 0.530. The first-order chi connectivity index (χ1) is 30.6. The Bertz CT molecular complexity index is 3560. The first-order valence-electron chi connectivity index (χ1n) is 21.6. The standard InChI is InChI=1S/C59H42N2O/c1-39-23-25-41(26-24-39)46-33-45(40-13-4-2-5-14-40)34-49(35-46)60(55-21-12-16-42-15-8-9-19-50(42)55)48-29-30-51-53-36-43(27-31-56(53)61(57(51)38-48)47-17-6-3-7-18-47)44-28-32-59-54(37-44)52-20-10-11-22-58(52)62-59/h2-23,25-39H,24H2,1H3. The number of anilines is 3. The molecule has 0 saturated heterocycles. The molecule has 0 fully saturated rings. The number of nitrogens with zero attached hydrogens (tertiary/aromatic N) is 2. The number of furan rings is 1. The number of para-hydroxylation sites is 2. The fourth-order valence-corrected chi connectivity index (χ4v) is 9.57. The summed E-state index contributed by atoms with van der Waals surface area (Å²) >= 11 is 0.